The van der Waals surface area contributed by atoms with Crippen LogP contribution < -0.4 is 9.80 Å². The summed E-state index contributed by atoms with van der Waals surface area (Å²) in [5.74, 6) is -0.0896. The van der Waals surface area contributed by atoms with Crippen LogP contribution in [0.15, 0.2) is 109 Å². The minimum atomic E-state index is -0.270. The molecular weight excluding hydrogens is 524 g/mol. The van der Waals surface area contributed by atoms with Crippen molar-refractivity contribution in [3.8, 4) is 0 Å². The highest BCUT2D eigenvalue weighted by atomic mass is 35.5. The van der Waals surface area contributed by atoms with Crippen molar-refractivity contribution in [3.63, 3.8) is 0 Å². The van der Waals surface area contributed by atoms with E-state index in [9.17, 15) is 9.59 Å². The Bertz CT molecular complexity index is 1650. The van der Waals surface area contributed by atoms with Crippen LogP contribution in [0.1, 0.15) is 40.2 Å². The third kappa shape index (κ3) is 4.73. The van der Waals surface area contributed by atoms with Crippen LogP contribution in [0, 0.1) is 0 Å². The highest BCUT2D eigenvalue weighted by molar-refractivity contribution is 7.21. The standard InChI is InChI=1S/C33H27ClN2O2S/c1-22-20-28(25-16-8-10-18-27(25)35(22)30(37)21-23-12-4-2-5-13-23)36(24-14-6-3-7-15-24)33(38)32-31(34)26-17-9-11-19-29(26)39-32/h2-19,22,28H,20-21H2,1H3. The summed E-state index contributed by atoms with van der Waals surface area (Å²) in [5, 5.41) is 1.37. The highest BCUT2D eigenvalue weighted by Gasteiger charge is 2.39. The summed E-state index contributed by atoms with van der Waals surface area (Å²) in [7, 11) is 0. The monoisotopic (exact) mass is 550 g/mol. The molecule has 0 spiro atoms. The van der Waals surface area contributed by atoms with Crippen molar-refractivity contribution in [2.24, 2.45) is 0 Å². The number of thiophene rings is 1. The SMILES string of the molecule is CC1CC(N(C(=O)c2sc3ccccc3c2Cl)c2ccccc2)c2ccccc2N1C(=O)Cc1ccccc1. The van der Waals surface area contributed by atoms with Crippen molar-refractivity contribution in [2.45, 2.75) is 31.8 Å². The van der Waals surface area contributed by atoms with Gasteiger partial charge >= 0.3 is 0 Å². The quantitative estimate of drug-likeness (QED) is 0.221. The lowest BCUT2D eigenvalue weighted by molar-refractivity contribution is -0.118. The molecule has 0 N–H and O–H groups in total. The van der Waals surface area contributed by atoms with Gasteiger partial charge in [-0.3, -0.25) is 14.5 Å². The number of hydrogen-bond donors (Lipinski definition) is 0. The van der Waals surface area contributed by atoms with Crippen molar-refractivity contribution in [3.05, 3.63) is 130 Å². The van der Waals surface area contributed by atoms with E-state index in [1.165, 1.54) is 11.3 Å². The number of halogens is 1. The second-order valence-electron chi connectivity index (χ2n) is 9.84. The fourth-order valence-corrected chi connectivity index (χ4v) is 7.00. The van der Waals surface area contributed by atoms with Gasteiger partial charge in [0.25, 0.3) is 5.91 Å². The van der Waals surface area contributed by atoms with Gasteiger partial charge in [-0.15, -0.1) is 11.3 Å². The Morgan fingerprint density at radius 3 is 2.26 bits per heavy atom. The Hall–Kier alpha value is -3.93. The van der Waals surface area contributed by atoms with Crippen LogP contribution in [0.4, 0.5) is 11.4 Å². The van der Waals surface area contributed by atoms with Crippen LogP contribution in [0.3, 0.4) is 0 Å². The van der Waals surface area contributed by atoms with Gasteiger partial charge in [0, 0.05) is 27.5 Å². The third-order valence-electron chi connectivity index (χ3n) is 7.32. The molecule has 2 amide bonds. The number of fused-ring (bicyclic) bond motifs is 2. The fraction of sp³-hybridized carbons (Fsp3) is 0.152. The molecule has 2 heterocycles. The lowest BCUT2D eigenvalue weighted by Gasteiger charge is -2.43. The first-order valence-corrected chi connectivity index (χ1v) is 14.2. The van der Waals surface area contributed by atoms with Gasteiger partial charge in [-0.25, -0.2) is 0 Å². The van der Waals surface area contributed by atoms with Crippen molar-refractivity contribution >= 4 is 56.2 Å². The molecule has 1 aliphatic rings. The van der Waals surface area contributed by atoms with E-state index in [1.54, 1.807) is 0 Å². The number of hydrogen-bond acceptors (Lipinski definition) is 3. The van der Waals surface area contributed by atoms with Gasteiger partial charge in [-0.05, 0) is 48.7 Å². The van der Waals surface area contributed by atoms with E-state index in [0.29, 0.717) is 22.7 Å². The number of nitrogens with zero attached hydrogens (tertiary/aromatic N) is 2. The van der Waals surface area contributed by atoms with Gasteiger partial charge in [-0.1, -0.05) is 96.5 Å². The molecule has 4 nitrogen and oxygen atoms in total. The summed E-state index contributed by atoms with van der Waals surface area (Å²) in [4.78, 5) is 32.3. The molecule has 0 bridgehead atoms. The number of carbonyl (C=O) groups excluding carboxylic acids is 2. The normalized spacial score (nSPS) is 16.6. The predicted octanol–water partition coefficient (Wildman–Crippen LogP) is 8.31. The zero-order valence-corrected chi connectivity index (χ0v) is 23.0. The van der Waals surface area contributed by atoms with Crippen LogP contribution in [0.2, 0.25) is 5.02 Å². The summed E-state index contributed by atoms with van der Waals surface area (Å²) in [6, 6.07) is 35.0. The number of rotatable bonds is 5. The summed E-state index contributed by atoms with van der Waals surface area (Å²) < 4.78 is 0.981. The lowest BCUT2D eigenvalue weighted by atomic mass is 9.89. The van der Waals surface area contributed by atoms with Crippen molar-refractivity contribution in [1.82, 2.24) is 0 Å². The number of anilines is 2. The molecule has 1 aromatic heterocycles. The maximum atomic E-state index is 14.4. The first kappa shape index (κ1) is 25.4. The number of carbonyl (C=O) groups is 2. The van der Waals surface area contributed by atoms with E-state index in [1.807, 2.05) is 119 Å². The van der Waals surface area contributed by atoms with Crippen molar-refractivity contribution < 1.29 is 9.59 Å². The van der Waals surface area contributed by atoms with Crippen molar-refractivity contribution in [2.75, 3.05) is 9.80 Å². The number of amides is 2. The smallest absolute Gasteiger partial charge is 0.270 e. The Balaban J connectivity index is 1.43. The molecule has 194 valence electrons. The minimum absolute atomic E-state index is 0.0461. The Morgan fingerprint density at radius 1 is 0.872 bits per heavy atom. The van der Waals surface area contributed by atoms with Gasteiger partial charge in [0.05, 0.1) is 17.5 Å². The molecule has 0 saturated carbocycles. The Kier molecular flexibility index (Phi) is 6.94. The largest absolute Gasteiger partial charge is 0.309 e. The second-order valence-corrected chi connectivity index (χ2v) is 11.3. The Labute approximate surface area is 237 Å². The maximum absolute atomic E-state index is 14.4. The predicted molar refractivity (Wildman–Crippen MR) is 161 cm³/mol. The zero-order chi connectivity index (χ0) is 26.9. The summed E-state index contributed by atoms with van der Waals surface area (Å²) >= 11 is 8.22. The molecule has 4 aromatic carbocycles. The van der Waals surface area contributed by atoms with Gasteiger partial charge < -0.3 is 4.90 Å². The third-order valence-corrected chi connectivity index (χ3v) is 8.98. The highest BCUT2D eigenvalue weighted by Crippen LogP contribution is 2.45. The van der Waals surface area contributed by atoms with Crippen LogP contribution in [-0.2, 0) is 11.2 Å². The number of para-hydroxylation sites is 2. The van der Waals surface area contributed by atoms with E-state index in [0.717, 1.165) is 32.6 Å². The lowest BCUT2D eigenvalue weighted by Crippen LogP contribution is -2.48. The van der Waals surface area contributed by atoms with Crippen LogP contribution in [0.5, 0.6) is 0 Å². The van der Waals surface area contributed by atoms with E-state index < -0.39 is 0 Å². The summed E-state index contributed by atoms with van der Waals surface area (Å²) in [5.41, 5.74) is 3.58. The van der Waals surface area contributed by atoms with Gasteiger partial charge in [-0.2, -0.15) is 0 Å². The second kappa shape index (κ2) is 10.7. The van der Waals surface area contributed by atoms with Crippen LogP contribution in [-0.4, -0.2) is 17.9 Å². The molecule has 0 radical (unpaired) electrons. The van der Waals surface area contributed by atoms with Gasteiger partial charge in [0.2, 0.25) is 5.91 Å². The van der Waals surface area contributed by atoms with E-state index >= 15 is 0 Å². The molecule has 6 rings (SSSR count). The Morgan fingerprint density at radius 2 is 1.51 bits per heavy atom. The molecule has 0 saturated heterocycles. The topological polar surface area (TPSA) is 40.6 Å². The maximum Gasteiger partial charge on any atom is 0.270 e. The van der Waals surface area contributed by atoms with Gasteiger partial charge in [0.1, 0.15) is 4.88 Å². The van der Waals surface area contributed by atoms with E-state index in [-0.39, 0.29) is 23.9 Å². The average molecular weight is 551 g/mol. The van der Waals surface area contributed by atoms with Crippen LogP contribution >= 0.6 is 22.9 Å². The van der Waals surface area contributed by atoms with Crippen molar-refractivity contribution in [1.29, 1.82) is 0 Å². The zero-order valence-electron chi connectivity index (χ0n) is 21.5. The average Bonchev–Trinajstić information content (AvgIpc) is 3.30. The minimum Gasteiger partial charge on any atom is -0.309 e. The molecule has 6 heteroatoms. The first-order valence-electron chi connectivity index (χ1n) is 13.0. The van der Waals surface area contributed by atoms with Gasteiger partial charge in [0.15, 0.2) is 0 Å². The molecule has 0 aliphatic carbocycles. The van der Waals surface area contributed by atoms with Crippen LogP contribution in [0.25, 0.3) is 10.1 Å². The summed E-state index contributed by atoms with van der Waals surface area (Å²) in [6.07, 6.45) is 0.920. The fourth-order valence-electron chi connectivity index (χ4n) is 5.55. The molecule has 5 aromatic rings. The number of benzene rings is 4. The first-order chi connectivity index (χ1) is 19.0. The summed E-state index contributed by atoms with van der Waals surface area (Å²) in [6.45, 7) is 2.06. The molecular formula is C33H27ClN2O2S. The molecule has 0 fully saturated rings. The van der Waals surface area contributed by atoms with E-state index in [4.69, 9.17) is 11.6 Å². The molecule has 2 unspecified atom stereocenters. The molecule has 1 aliphatic heterocycles. The molecule has 2 atom stereocenters. The van der Waals surface area contributed by atoms with E-state index in [2.05, 4.69) is 6.92 Å². The molecule has 39 heavy (non-hydrogen) atoms.